The van der Waals surface area contributed by atoms with Gasteiger partial charge in [-0.15, -0.1) is 0 Å². The number of piperidine rings is 1. The highest BCUT2D eigenvalue weighted by Crippen LogP contribution is 2.21. The Balaban J connectivity index is 1.75. The van der Waals surface area contributed by atoms with Gasteiger partial charge in [0.15, 0.2) is 11.5 Å². The van der Waals surface area contributed by atoms with Gasteiger partial charge >= 0.3 is 0 Å². The van der Waals surface area contributed by atoms with Gasteiger partial charge in [0.25, 0.3) is 5.91 Å². The van der Waals surface area contributed by atoms with E-state index in [-0.39, 0.29) is 5.91 Å². The molecular weight excluding hydrogens is 268 g/mol. The van der Waals surface area contributed by atoms with Crippen molar-refractivity contribution >= 4 is 5.91 Å². The Morgan fingerprint density at radius 2 is 2.24 bits per heavy atom. The molecule has 110 valence electrons. The molecule has 1 aliphatic heterocycles. The molecule has 21 heavy (non-hydrogen) atoms. The van der Waals surface area contributed by atoms with Crippen molar-refractivity contribution in [3.63, 3.8) is 0 Å². The summed E-state index contributed by atoms with van der Waals surface area (Å²) in [5.41, 5.74) is 1.22. The zero-order chi connectivity index (χ0) is 14.7. The van der Waals surface area contributed by atoms with Crippen molar-refractivity contribution in [3.8, 4) is 11.3 Å². The summed E-state index contributed by atoms with van der Waals surface area (Å²) in [4.78, 5) is 18.3. The molecule has 0 saturated carbocycles. The molecule has 0 radical (unpaired) electrons. The molecule has 0 aromatic carbocycles. The van der Waals surface area contributed by atoms with Crippen LogP contribution < -0.4 is 5.32 Å². The Morgan fingerprint density at radius 3 is 3.00 bits per heavy atom. The maximum atomic E-state index is 12.5. The van der Waals surface area contributed by atoms with Gasteiger partial charge in [-0.1, -0.05) is 5.16 Å². The lowest BCUT2D eigenvalue weighted by Crippen LogP contribution is -2.47. The molecule has 1 unspecified atom stereocenters. The quantitative estimate of drug-likeness (QED) is 0.927. The number of nitrogens with zero attached hydrogens (tertiary/aromatic N) is 3. The number of carbonyl (C=O) groups excluding carboxylic acids is 1. The number of likely N-dealkylation sites (N-methyl/N-ethyl adjacent to an activating group) is 1. The summed E-state index contributed by atoms with van der Waals surface area (Å²) in [6, 6.07) is 5.70. The molecular formula is C15H18N4O2. The summed E-state index contributed by atoms with van der Waals surface area (Å²) in [5, 5.41) is 7.14. The summed E-state index contributed by atoms with van der Waals surface area (Å²) >= 11 is 0. The molecule has 1 fully saturated rings. The molecule has 0 spiro atoms. The average molecular weight is 286 g/mol. The Hall–Kier alpha value is -2.21. The summed E-state index contributed by atoms with van der Waals surface area (Å²) < 4.78 is 5.27. The SMILES string of the molecule is CNC1CCCN(C(=O)c2cc(-c3ccncc3)on2)C1. The van der Waals surface area contributed by atoms with Crippen LogP contribution in [0.2, 0.25) is 0 Å². The van der Waals surface area contributed by atoms with Gasteiger partial charge in [-0.3, -0.25) is 9.78 Å². The summed E-state index contributed by atoms with van der Waals surface area (Å²) in [7, 11) is 1.93. The van der Waals surface area contributed by atoms with E-state index in [2.05, 4.69) is 15.5 Å². The highest BCUT2D eigenvalue weighted by molar-refractivity contribution is 5.93. The van der Waals surface area contributed by atoms with Crippen LogP contribution in [0, 0.1) is 0 Å². The molecule has 1 amide bonds. The third kappa shape index (κ3) is 2.95. The molecule has 1 atom stereocenters. The van der Waals surface area contributed by atoms with E-state index in [4.69, 9.17) is 4.52 Å². The first-order chi connectivity index (χ1) is 10.3. The molecule has 6 nitrogen and oxygen atoms in total. The normalized spacial score (nSPS) is 18.7. The average Bonchev–Trinajstić information content (AvgIpc) is 3.05. The number of rotatable bonds is 3. The van der Waals surface area contributed by atoms with E-state index < -0.39 is 0 Å². The number of hydrogen-bond acceptors (Lipinski definition) is 5. The van der Waals surface area contributed by atoms with Crippen LogP contribution in [-0.2, 0) is 0 Å². The second-order valence-electron chi connectivity index (χ2n) is 5.19. The van der Waals surface area contributed by atoms with Crippen LogP contribution in [0.3, 0.4) is 0 Å². The largest absolute Gasteiger partial charge is 0.355 e. The lowest BCUT2D eigenvalue weighted by molar-refractivity contribution is 0.0688. The first-order valence-corrected chi connectivity index (χ1v) is 7.11. The van der Waals surface area contributed by atoms with Crippen molar-refractivity contribution in [3.05, 3.63) is 36.3 Å². The Morgan fingerprint density at radius 1 is 1.43 bits per heavy atom. The maximum Gasteiger partial charge on any atom is 0.276 e. The van der Waals surface area contributed by atoms with Gasteiger partial charge in [-0.05, 0) is 32.0 Å². The standard InChI is InChI=1S/C15H18N4O2/c1-16-12-3-2-8-19(10-12)15(20)13-9-14(21-18-13)11-4-6-17-7-5-11/h4-7,9,12,16H,2-3,8,10H2,1H3. The van der Waals surface area contributed by atoms with Crippen molar-refractivity contribution in [2.45, 2.75) is 18.9 Å². The number of hydrogen-bond donors (Lipinski definition) is 1. The minimum atomic E-state index is -0.0704. The van der Waals surface area contributed by atoms with Crippen molar-refractivity contribution in [2.24, 2.45) is 0 Å². The molecule has 2 aromatic rings. The summed E-state index contributed by atoms with van der Waals surface area (Å²) in [6.45, 7) is 1.49. The summed E-state index contributed by atoms with van der Waals surface area (Å²) in [6.07, 6.45) is 5.47. The third-order valence-corrected chi connectivity index (χ3v) is 3.81. The molecule has 3 rings (SSSR count). The number of nitrogens with one attached hydrogen (secondary N) is 1. The highest BCUT2D eigenvalue weighted by atomic mass is 16.5. The van der Waals surface area contributed by atoms with Crippen LogP contribution in [0.5, 0.6) is 0 Å². The lowest BCUT2D eigenvalue weighted by atomic mass is 10.1. The van der Waals surface area contributed by atoms with Crippen LogP contribution in [0.25, 0.3) is 11.3 Å². The Kier molecular flexibility index (Phi) is 3.96. The van der Waals surface area contributed by atoms with E-state index >= 15 is 0 Å². The van der Waals surface area contributed by atoms with Gasteiger partial charge in [0.2, 0.25) is 0 Å². The molecule has 0 aliphatic carbocycles. The monoisotopic (exact) mass is 286 g/mol. The molecule has 1 N–H and O–H groups in total. The summed E-state index contributed by atoms with van der Waals surface area (Å²) in [5.74, 6) is 0.516. The zero-order valence-electron chi connectivity index (χ0n) is 12.0. The van der Waals surface area contributed by atoms with E-state index in [9.17, 15) is 4.79 Å². The van der Waals surface area contributed by atoms with Gasteiger partial charge < -0.3 is 14.7 Å². The molecule has 1 saturated heterocycles. The number of aromatic nitrogens is 2. The number of carbonyl (C=O) groups is 1. The van der Waals surface area contributed by atoms with Crippen molar-refractivity contribution in [2.75, 3.05) is 20.1 Å². The van der Waals surface area contributed by atoms with Crippen LogP contribution >= 0.6 is 0 Å². The van der Waals surface area contributed by atoms with Gasteiger partial charge in [-0.25, -0.2) is 0 Å². The smallest absolute Gasteiger partial charge is 0.276 e. The second kappa shape index (κ2) is 6.05. The number of likely N-dealkylation sites (tertiary alicyclic amines) is 1. The van der Waals surface area contributed by atoms with E-state index in [1.165, 1.54) is 0 Å². The fraction of sp³-hybridized carbons (Fsp3) is 0.400. The Bertz CT molecular complexity index is 611. The highest BCUT2D eigenvalue weighted by Gasteiger charge is 2.25. The minimum absolute atomic E-state index is 0.0704. The number of amides is 1. The van der Waals surface area contributed by atoms with Crippen molar-refractivity contribution in [1.82, 2.24) is 20.4 Å². The van der Waals surface area contributed by atoms with E-state index in [0.717, 1.165) is 24.9 Å². The predicted octanol–water partition coefficient (Wildman–Crippen LogP) is 1.56. The minimum Gasteiger partial charge on any atom is -0.355 e. The van der Waals surface area contributed by atoms with Crippen LogP contribution in [0.4, 0.5) is 0 Å². The fourth-order valence-corrected chi connectivity index (χ4v) is 2.59. The maximum absolute atomic E-state index is 12.5. The van der Waals surface area contributed by atoms with Gasteiger partial charge in [0.1, 0.15) is 0 Å². The van der Waals surface area contributed by atoms with Gasteiger partial charge in [-0.2, -0.15) is 0 Å². The molecule has 6 heteroatoms. The molecule has 0 bridgehead atoms. The second-order valence-corrected chi connectivity index (χ2v) is 5.19. The Labute approximate surface area is 123 Å². The van der Waals surface area contributed by atoms with E-state index in [1.807, 2.05) is 24.1 Å². The van der Waals surface area contributed by atoms with E-state index in [1.54, 1.807) is 18.5 Å². The fourth-order valence-electron chi connectivity index (χ4n) is 2.59. The zero-order valence-corrected chi connectivity index (χ0v) is 12.0. The first-order valence-electron chi connectivity index (χ1n) is 7.11. The molecule has 3 heterocycles. The van der Waals surface area contributed by atoms with Crippen LogP contribution in [0.1, 0.15) is 23.3 Å². The first kappa shape index (κ1) is 13.8. The topological polar surface area (TPSA) is 71.3 Å². The van der Waals surface area contributed by atoms with Gasteiger partial charge in [0, 0.05) is 43.2 Å². The third-order valence-electron chi connectivity index (χ3n) is 3.81. The number of pyridine rings is 1. The van der Waals surface area contributed by atoms with Crippen molar-refractivity contribution in [1.29, 1.82) is 0 Å². The van der Waals surface area contributed by atoms with Crippen LogP contribution in [0.15, 0.2) is 35.1 Å². The molecule has 2 aromatic heterocycles. The molecule has 1 aliphatic rings. The predicted molar refractivity (Wildman–Crippen MR) is 77.7 cm³/mol. The van der Waals surface area contributed by atoms with E-state index in [0.29, 0.717) is 24.0 Å². The lowest BCUT2D eigenvalue weighted by Gasteiger charge is -2.31. The van der Waals surface area contributed by atoms with Gasteiger partial charge in [0.05, 0.1) is 0 Å². The van der Waals surface area contributed by atoms with Crippen LogP contribution in [-0.4, -0.2) is 47.1 Å². The van der Waals surface area contributed by atoms with Crippen molar-refractivity contribution < 1.29 is 9.32 Å².